The van der Waals surface area contributed by atoms with E-state index in [0.717, 1.165) is 0 Å². The Morgan fingerprint density at radius 2 is 0.774 bits per heavy atom. The average Bonchev–Trinajstić information content (AvgIpc) is 1.49. The van der Waals surface area contributed by atoms with E-state index in [-0.39, 0.29) is 98.9 Å². The summed E-state index contributed by atoms with van der Waals surface area (Å²) in [7, 11) is 0. The van der Waals surface area contributed by atoms with Crippen LogP contribution in [0.1, 0.15) is 55.2 Å². The lowest BCUT2D eigenvalue weighted by atomic mass is 10.0. The number of anilines is 6. The lowest BCUT2D eigenvalue weighted by Gasteiger charge is -2.28. The first-order valence-electron chi connectivity index (χ1n) is 31.7. The van der Waals surface area contributed by atoms with E-state index >= 15 is 0 Å². The van der Waals surface area contributed by atoms with Crippen molar-refractivity contribution in [1.82, 2.24) is 8.80 Å². The molecule has 0 aliphatic heterocycles. The summed E-state index contributed by atoms with van der Waals surface area (Å²) in [4.78, 5) is 2.41. The second-order valence-corrected chi connectivity index (χ2v) is 15.4. The molecular weight excluding hydrogens is 753 g/mol. The molecule has 13 rings (SSSR count). The maximum absolute atomic E-state index is 10.5. The van der Waals surface area contributed by atoms with Crippen molar-refractivity contribution in [2.45, 2.75) is 27.7 Å². The summed E-state index contributed by atoms with van der Waals surface area (Å²) in [5.74, 6) is 0. The van der Waals surface area contributed by atoms with Crippen molar-refractivity contribution in [2.75, 3.05) is 9.80 Å². The summed E-state index contributed by atoms with van der Waals surface area (Å²) in [6.07, 6.45) is 0. The van der Waals surface area contributed by atoms with Crippen molar-refractivity contribution >= 4 is 110 Å². The molecule has 0 N–H and O–H groups in total. The number of hydrogen-bond donors (Lipinski definition) is 0. The fourth-order valence-corrected chi connectivity index (χ4v) is 9.07. The topological polar surface area (TPSA) is 15.3 Å². The maximum atomic E-state index is 10.5. The van der Waals surface area contributed by atoms with Crippen LogP contribution >= 0.6 is 0 Å². The third-order valence-corrected chi connectivity index (χ3v) is 11.7. The van der Waals surface area contributed by atoms with Crippen LogP contribution in [0.25, 0.3) is 76.2 Å². The first-order valence-corrected chi connectivity index (χ1v) is 19.7. The van der Waals surface area contributed by atoms with Gasteiger partial charge in [0.1, 0.15) is 0 Å². The van der Waals surface area contributed by atoms with Crippen LogP contribution in [-0.4, -0.2) is 8.80 Å². The Bertz CT molecular complexity index is 4970. The van der Waals surface area contributed by atoms with Gasteiger partial charge < -0.3 is 18.6 Å². The third-order valence-electron chi connectivity index (χ3n) is 11.7. The Morgan fingerprint density at radius 1 is 0.371 bits per heavy atom. The second-order valence-electron chi connectivity index (χ2n) is 15.4. The van der Waals surface area contributed by atoms with Crippen LogP contribution in [-0.2, 0) is 0 Å². The van der Waals surface area contributed by atoms with Gasteiger partial charge in [0.05, 0.1) is 77.4 Å². The zero-order valence-electron chi connectivity index (χ0n) is 57.3. The van der Waals surface area contributed by atoms with Gasteiger partial charge in [-0.25, -0.2) is 0 Å². The average molecular weight is 819 g/mol. The molecular formula is C58H42N4. The molecule has 0 radical (unpaired) electrons. The molecule has 0 saturated heterocycles. The van der Waals surface area contributed by atoms with E-state index in [4.69, 9.17) is 13.7 Å². The van der Waals surface area contributed by atoms with Gasteiger partial charge in [0, 0.05) is 65.8 Å². The molecule has 0 amide bonds. The molecule has 4 heterocycles. The number of hydrogen-bond acceptors (Lipinski definition) is 2. The molecule has 62 heavy (non-hydrogen) atoms. The van der Waals surface area contributed by atoms with Gasteiger partial charge in [0.2, 0.25) is 0 Å². The maximum Gasteiger partial charge on any atom is 0.0653 e. The highest BCUT2D eigenvalue weighted by Crippen LogP contribution is 2.51. The Kier molecular flexibility index (Phi) is 3.90. The predicted octanol–water partition coefficient (Wildman–Crippen LogP) is 16.2. The number of fused-ring (bicyclic) bond motifs is 12. The van der Waals surface area contributed by atoms with E-state index in [9.17, 15) is 19.2 Å². The van der Waals surface area contributed by atoms with Crippen molar-refractivity contribution in [1.29, 1.82) is 0 Å². The first-order chi connectivity index (χ1) is 40.4. The van der Waals surface area contributed by atoms with E-state index < -0.39 is 156 Å². The number of benzene rings is 9. The quantitative estimate of drug-likeness (QED) is 0.166. The van der Waals surface area contributed by atoms with E-state index in [1.54, 1.807) is 64.1 Å². The Morgan fingerprint density at radius 3 is 1.21 bits per heavy atom. The van der Waals surface area contributed by atoms with Gasteiger partial charge in [0.15, 0.2) is 0 Å². The molecule has 4 nitrogen and oxygen atoms in total. The van der Waals surface area contributed by atoms with Gasteiger partial charge >= 0.3 is 0 Å². The fourth-order valence-electron chi connectivity index (χ4n) is 9.07. The zero-order chi connectivity index (χ0) is 62.3. The van der Waals surface area contributed by atoms with Crippen LogP contribution in [0.2, 0.25) is 0 Å². The van der Waals surface area contributed by atoms with Crippen molar-refractivity contribution in [3.8, 4) is 0 Å². The number of nitrogens with zero attached hydrogens (tertiary/aromatic N) is 4. The largest absolute Gasteiger partial charge is 0.310 e. The molecule has 0 aliphatic rings. The molecule has 0 bridgehead atoms. The van der Waals surface area contributed by atoms with Gasteiger partial charge in [-0.2, -0.15) is 0 Å². The summed E-state index contributed by atoms with van der Waals surface area (Å²) in [5, 5.41) is -2.02. The van der Waals surface area contributed by atoms with Crippen LogP contribution in [0.5, 0.6) is 0 Å². The standard InChI is InChI=1S/C58H42N4/c1-35-23-25-37(3)51(31-35)59(39-15-7-5-8-16-39)49-29-27-41-45-33-54-46(34-53(45)61-47-21-13-11-19-43(47)55(49)57(41)61)42-28-30-50(56-44-20-12-14-22-48(44)62(54)58(42)56)60(40-17-9-6-10-18-40)52-32-36(2)24-26-38(52)4/h5-34H,1-4H3/i5D,6D,7D,8D,9D,10D,11D,12D,13D,14D,15D,16D,17D,18D,19D,20D,21D,22D,27D,28D,29D,30D,33D,34D. The summed E-state index contributed by atoms with van der Waals surface area (Å²) in [6, 6.07) is -6.84. The highest BCUT2D eigenvalue weighted by Gasteiger charge is 2.28. The Labute approximate surface area is 393 Å². The van der Waals surface area contributed by atoms with Crippen LogP contribution in [0, 0.1) is 27.7 Å². The number of rotatable bonds is 6. The minimum Gasteiger partial charge on any atom is -0.310 e. The molecule has 0 fully saturated rings. The molecule has 9 aromatic carbocycles. The minimum atomic E-state index is -0.754. The van der Waals surface area contributed by atoms with Crippen molar-refractivity contribution in [2.24, 2.45) is 0 Å². The Balaban J connectivity index is 1.31. The van der Waals surface area contributed by atoms with Gasteiger partial charge in [0.25, 0.3) is 0 Å². The van der Waals surface area contributed by atoms with Crippen LogP contribution < -0.4 is 9.80 Å². The molecule has 0 saturated carbocycles. The van der Waals surface area contributed by atoms with Gasteiger partial charge in [-0.05, 0) is 123 Å². The molecule has 0 unspecified atom stereocenters. The molecule has 294 valence electrons. The number of para-hydroxylation sites is 4. The predicted molar refractivity (Wildman–Crippen MR) is 264 cm³/mol. The Hall–Kier alpha value is -7.82. The smallest absolute Gasteiger partial charge is 0.0653 e. The van der Waals surface area contributed by atoms with Crippen molar-refractivity contribution in [3.05, 3.63) is 204 Å². The van der Waals surface area contributed by atoms with Gasteiger partial charge in [-0.15, -0.1) is 0 Å². The molecule has 0 aliphatic carbocycles. The van der Waals surface area contributed by atoms with Gasteiger partial charge in [-0.3, -0.25) is 0 Å². The SMILES string of the molecule is [2H]c1c([2H])c([2H])c(N(c2cc(C)ccc2C)c2c([2H])c([2H])c3c4c([2H])c5c(c([2H])c4n4c6c([2H])c([2H])c([2H])c([2H])c6c2c34)c2c([2H])c([2H])c(N(c3cc(C)ccc3C)c3c([2H])c([2H])c([2H])c([2H])c3[2H])c3c4c([2H])c([2H])c([2H])c([2H])c4n5c23)c([2H])c1[2H]. The van der Waals surface area contributed by atoms with E-state index in [1.165, 1.54) is 18.6 Å². The highest BCUT2D eigenvalue weighted by atomic mass is 15.2. The van der Waals surface area contributed by atoms with Crippen molar-refractivity contribution in [3.63, 3.8) is 0 Å². The highest BCUT2D eigenvalue weighted by molar-refractivity contribution is 6.32. The molecule has 0 spiro atoms. The van der Waals surface area contributed by atoms with Crippen LogP contribution in [0.3, 0.4) is 0 Å². The zero-order valence-corrected chi connectivity index (χ0v) is 33.3. The van der Waals surface area contributed by atoms with Crippen LogP contribution in [0.15, 0.2) is 181 Å². The lowest BCUT2D eigenvalue weighted by molar-refractivity contribution is 1.25. The van der Waals surface area contributed by atoms with Gasteiger partial charge in [-0.1, -0.05) is 109 Å². The normalized spacial score (nSPS) is 17.6. The van der Waals surface area contributed by atoms with E-state index in [1.807, 2.05) is 0 Å². The first kappa shape index (κ1) is 18.8. The third kappa shape index (κ3) is 4.72. The van der Waals surface area contributed by atoms with Crippen molar-refractivity contribution < 1.29 is 32.9 Å². The monoisotopic (exact) mass is 818 g/mol. The molecule has 4 aromatic heterocycles. The summed E-state index contributed by atoms with van der Waals surface area (Å²) < 4.78 is 228. The molecule has 4 heteroatoms. The lowest BCUT2D eigenvalue weighted by Crippen LogP contribution is -2.12. The minimum absolute atomic E-state index is 0.151. The molecule has 13 aromatic rings. The summed E-state index contributed by atoms with van der Waals surface area (Å²) in [6.45, 7) is 6.80. The number of aryl methyl sites for hydroxylation is 4. The molecule has 0 atom stereocenters. The fraction of sp³-hybridized carbons (Fsp3) is 0.0690. The summed E-state index contributed by atoms with van der Waals surface area (Å²) >= 11 is 0. The number of aromatic nitrogens is 2. The second kappa shape index (κ2) is 12.8. The van der Waals surface area contributed by atoms with Crippen LogP contribution in [0.4, 0.5) is 34.1 Å². The van der Waals surface area contributed by atoms with E-state index in [0.29, 0.717) is 22.3 Å². The summed E-state index contributed by atoms with van der Waals surface area (Å²) in [5.41, 5.74) is -0.775. The van der Waals surface area contributed by atoms with E-state index in [2.05, 4.69) is 0 Å².